The van der Waals surface area contributed by atoms with E-state index in [9.17, 15) is 18.0 Å². The van der Waals surface area contributed by atoms with Gasteiger partial charge in [0.15, 0.2) is 0 Å². The number of thiophene rings is 1. The molecular formula is C18H18F3NO2S. The van der Waals surface area contributed by atoms with Crippen molar-refractivity contribution in [3.63, 3.8) is 0 Å². The summed E-state index contributed by atoms with van der Waals surface area (Å²) in [6, 6.07) is 7.38. The van der Waals surface area contributed by atoms with Gasteiger partial charge in [-0.05, 0) is 53.5 Å². The summed E-state index contributed by atoms with van der Waals surface area (Å²) in [5.74, 6) is 0.214. The lowest BCUT2D eigenvalue weighted by molar-refractivity contribution is -0.274. The van der Waals surface area contributed by atoms with Crippen LogP contribution < -0.4 is 10.1 Å². The van der Waals surface area contributed by atoms with Gasteiger partial charge in [0.2, 0.25) is 0 Å². The highest BCUT2D eigenvalue weighted by atomic mass is 32.1. The third-order valence-corrected chi connectivity index (χ3v) is 5.20. The number of halogens is 3. The van der Waals surface area contributed by atoms with Crippen LogP contribution in [-0.4, -0.2) is 18.8 Å². The molecule has 1 fully saturated rings. The molecule has 0 spiro atoms. The first kappa shape index (κ1) is 17.8. The number of carbonyl (C=O) groups is 1. The summed E-state index contributed by atoms with van der Waals surface area (Å²) in [5.41, 5.74) is 1.54. The van der Waals surface area contributed by atoms with Crippen molar-refractivity contribution in [2.24, 2.45) is 5.92 Å². The highest BCUT2D eigenvalue weighted by Gasteiger charge is 2.31. The molecule has 1 aliphatic carbocycles. The van der Waals surface area contributed by atoms with Gasteiger partial charge in [0.25, 0.3) is 5.91 Å². The fourth-order valence-corrected chi connectivity index (χ4v) is 3.83. The van der Waals surface area contributed by atoms with E-state index in [1.165, 1.54) is 49.2 Å². The molecule has 0 unspecified atom stereocenters. The highest BCUT2D eigenvalue weighted by Crippen LogP contribution is 2.29. The Labute approximate surface area is 147 Å². The Morgan fingerprint density at radius 3 is 2.48 bits per heavy atom. The first-order valence-corrected chi connectivity index (χ1v) is 9.01. The van der Waals surface area contributed by atoms with Crippen LogP contribution in [0.15, 0.2) is 35.7 Å². The van der Waals surface area contributed by atoms with E-state index in [-0.39, 0.29) is 11.7 Å². The van der Waals surface area contributed by atoms with Gasteiger partial charge in [-0.3, -0.25) is 4.79 Å². The van der Waals surface area contributed by atoms with Crippen molar-refractivity contribution in [3.8, 4) is 16.9 Å². The van der Waals surface area contributed by atoms with Gasteiger partial charge in [-0.1, -0.05) is 25.0 Å². The van der Waals surface area contributed by atoms with E-state index in [1.807, 2.05) is 5.38 Å². The lowest BCUT2D eigenvalue weighted by Gasteiger charge is -2.09. The predicted octanol–water partition coefficient (Wildman–Crippen LogP) is 5.23. The topological polar surface area (TPSA) is 38.3 Å². The molecule has 0 aliphatic heterocycles. The van der Waals surface area contributed by atoms with Gasteiger partial charge >= 0.3 is 6.36 Å². The van der Waals surface area contributed by atoms with E-state index in [0.717, 1.165) is 11.1 Å². The van der Waals surface area contributed by atoms with Crippen LogP contribution in [0.3, 0.4) is 0 Å². The summed E-state index contributed by atoms with van der Waals surface area (Å²) in [5, 5.41) is 4.79. The molecule has 1 N–H and O–H groups in total. The van der Waals surface area contributed by atoms with E-state index < -0.39 is 6.36 Å². The Balaban J connectivity index is 1.61. The smallest absolute Gasteiger partial charge is 0.406 e. The molecule has 0 saturated heterocycles. The second kappa shape index (κ2) is 7.47. The average molecular weight is 369 g/mol. The van der Waals surface area contributed by atoms with Crippen molar-refractivity contribution in [2.45, 2.75) is 32.0 Å². The Bertz CT molecular complexity index is 719. The summed E-state index contributed by atoms with van der Waals surface area (Å²) in [4.78, 5) is 12.8. The molecule has 0 atom stereocenters. The van der Waals surface area contributed by atoms with E-state index in [0.29, 0.717) is 17.3 Å². The minimum absolute atomic E-state index is 0.0971. The average Bonchev–Trinajstić information content (AvgIpc) is 3.23. The quantitative estimate of drug-likeness (QED) is 0.783. The third kappa shape index (κ3) is 4.98. The van der Waals surface area contributed by atoms with Gasteiger partial charge in [0.05, 0.1) is 4.88 Å². The van der Waals surface area contributed by atoms with Crippen molar-refractivity contribution < 1.29 is 22.7 Å². The number of nitrogens with one attached hydrogen (secondary N) is 1. The fourth-order valence-electron chi connectivity index (χ4n) is 2.99. The SMILES string of the molecule is O=C(NCC1CCCC1)c1cc(-c2ccc(OC(F)(F)F)cc2)cs1. The van der Waals surface area contributed by atoms with Crippen LogP contribution in [0.1, 0.15) is 35.4 Å². The zero-order valence-electron chi connectivity index (χ0n) is 13.4. The molecule has 1 heterocycles. The Morgan fingerprint density at radius 1 is 1.16 bits per heavy atom. The van der Waals surface area contributed by atoms with Gasteiger partial charge in [-0.2, -0.15) is 0 Å². The summed E-state index contributed by atoms with van der Waals surface area (Å²) in [6.45, 7) is 0.704. The molecular weight excluding hydrogens is 351 g/mol. The number of amides is 1. The zero-order chi connectivity index (χ0) is 17.9. The molecule has 134 valence electrons. The van der Waals surface area contributed by atoms with E-state index in [1.54, 1.807) is 18.2 Å². The first-order valence-electron chi connectivity index (χ1n) is 8.13. The van der Waals surface area contributed by atoms with Crippen LogP contribution in [-0.2, 0) is 0 Å². The third-order valence-electron chi connectivity index (χ3n) is 4.27. The Kier molecular flexibility index (Phi) is 5.32. The molecule has 0 bridgehead atoms. The summed E-state index contributed by atoms with van der Waals surface area (Å²) >= 11 is 1.33. The number of benzene rings is 1. The van der Waals surface area contributed by atoms with Crippen molar-refractivity contribution in [1.82, 2.24) is 5.32 Å². The standard InChI is InChI=1S/C18H18F3NO2S/c19-18(20,21)24-15-7-5-13(6-8-15)14-9-16(25-11-14)17(23)22-10-12-3-1-2-4-12/h5-9,11-12H,1-4,10H2,(H,22,23). The van der Waals surface area contributed by atoms with Crippen LogP contribution in [0.5, 0.6) is 5.75 Å². The largest absolute Gasteiger partial charge is 0.573 e. The van der Waals surface area contributed by atoms with Crippen LogP contribution in [0.2, 0.25) is 0 Å². The molecule has 25 heavy (non-hydrogen) atoms. The second-order valence-corrected chi connectivity index (χ2v) is 7.04. The molecule has 3 nitrogen and oxygen atoms in total. The van der Waals surface area contributed by atoms with Crippen LogP contribution >= 0.6 is 11.3 Å². The van der Waals surface area contributed by atoms with Gasteiger partial charge in [0.1, 0.15) is 5.75 Å². The maximum Gasteiger partial charge on any atom is 0.573 e. The summed E-state index contributed by atoms with van der Waals surface area (Å²) in [6.07, 6.45) is 0.106. The summed E-state index contributed by atoms with van der Waals surface area (Å²) < 4.78 is 40.4. The normalized spacial score (nSPS) is 15.3. The maximum absolute atomic E-state index is 12.2. The van der Waals surface area contributed by atoms with Crippen molar-refractivity contribution in [2.75, 3.05) is 6.54 Å². The second-order valence-electron chi connectivity index (χ2n) is 6.13. The highest BCUT2D eigenvalue weighted by molar-refractivity contribution is 7.12. The predicted molar refractivity (Wildman–Crippen MR) is 90.7 cm³/mol. The van der Waals surface area contributed by atoms with E-state index in [4.69, 9.17) is 0 Å². The fraction of sp³-hybridized carbons (Fsp3) is 0.389. The number of alkyl halides is 3. The minimum atomic E-state index is -4.70. The molecule has 1 saturated carbocycles. The van der Waals surface area contributed by atoms with Crippen LogP contribution in [0.4, 0.5) is 13.2 Å². The van der Waals surface area contributed by atoms with Gasteiger partial charge in [0, 0.05) is 6.54 Å². The van der Waals surface area contributed by atoms with Crippen molar-refractivity contribution in [1.29, 1.82) is 0 Å². The van der Waals surface area contributed by atoms with Crippen molar-refractivity contribution >= 4 is 17.2 Å². The van der Waals surface area contributed by atoms with Crippen LogP contribution in [0.25, 0.3) is 11.1 Å². The van der Waals surface area contributed by atoms with E-state index >= 15 is 0 Å². The van der Waals surface area contributed by atoms with Gasteiger partial charge < -0.3 is 10.1 Å². The summed E-state index contributed by atoms with van der Waals surface area (Å²) in [7, 11) is 0. The molecule has 3 rings (SSSR count). The van der Waals surface area contributed by atoms with Gasteiger partial charge in [-0.15, -0.1) is 24.5 Å². The minimum Gasteiger partial charge on any atom is -0.406 e. The monoisotopic (exact) mass is 369 g/mol. The molecule has 0 radical (unpaired) electrons. The number of hydrogen-bond donors (Lipinski definition) is 1. The number of ether oxygens (including phenoxy) is 1. The van der Waals surface area contributed by atoms with E-state index in [2.05, 4.69) is 10.1 Å². The van der Waals surface area contributed by atoms with Crippen molar-refractivity contribution in [3.05, 3.63) is 40.6 Å². The maximum atomic E-state index is 12.2. The lowest BCUT2D eigenvalue weighted by Crippen LogP contribution is -2.27. The first-order chi connectivity index (χ1) is 11.9. The van der Waals surface area contributed by atoms with Gasteiger partial charge in [-0.25, -0.2) is 0 Å². The number of rotatable bonds is 5. The molecule has 1 aromatic carbocycles. The molecule has 1 amide bonds. The number of carbonyl (C=O) groups excluding carboxylic acids is 1. The Morgan fingerprint density at radius 2 is 1.84 bits per heavy atom. The number of hydrogen-bond acceptors (Lipinski definition) is 3. The van der Waals surface area contributed by atoms with Crippen LogP contribution in [0, 0.1) is 5.92 Å². The lowest BCUT2D eigenvalue weighted by atomic mass is 10.1. The Hall–Kier alpha value is -2.02. The molecule has 1 aromatic heterocycles. The molecule has 7 heteroatoms. The molecule has 1 aliphatic rings. The molecule has 2 aromatic rings. The zero-order valence-corrected chi connectivity index (χ0v) is 14.3.